The van der Waals surface area contributed by atoms with Crippen molar-refractivity contribution < 1.29 is 32.2 Å². The first-order valence-electron chi connectivity index (χ1n) is 8.98. The highest BCUT2D eigenvalue weighted by Gasteiger charge is 2.28. The number of methoxy groups -OCH3 is 1. The highest BCUT2D eigenvalue weighted by molar-refractivity contribution is 7.91. The van der Waals surface area contributed by atoms with Gasteiger partial charge in [0.2, 0.25) is 0 Å². The zero-order valence-corrected chi connectivity index (χ0v) is 16.8. The standard InChI is InChI=1S/C19H25NO7S/c1-3-9-26-16-6-4-14(11-17(16)25-2)5-7-19(22)27-12-18(21)20-15-8-10-28(23,24)13-15/h4-7,11,15H,3,8-10,12-13H2,1-2H3,(H,20,21)/b7-5+/t15-/m0/s1. The van der Waals surface area contributed by atoms with E-state index in [0.29, 0.717) is 30.1 Å². The molecule has 1 fully saturated rings. The summed E-state index contributed by atoms with van der Waals surface area (Å²) < 4.78 is 38.5. The quantitative estimate of drug-likeness (QED) is 0.483. The number of carbonyl (C=O) groups is 2. The maximum Gasteiger partial charge on any atom is 0.331 e. The first kappa shape index (κ1) is 21.7. The molecule has 28 heavy (non-hydrogen) atoms. The molecule has 2 rings (SSSR count). The predicted octanol–water partition coefficient (Wildman–Crippen LogP) is 1.34. The fourth-order valence-electron chi connectivity index (χ4n) is 2.65. The normalized spacial score (nSPS) is 18.0. The van der Waals surface area contributed by atoms with E-state index in [2.05, 4.69) is 5.32 Å². The molecule has 0 aromatic heterocycles. The Balaban J connectivity index is 1.82. The number of amides is 1. The van der Waals surface area contributed by atoms with Crippen LogP contribution in [-0.4, -0.2) is 58.2 Å². The number of esters is 1. The van der Waals surface area contributed by atoms with Crippen LogP contribution in [0, 0.1) is 0 Å². The molecule has 0 unspecified atom stereocenters. The number of nitrogens with one attached hydrogen (secondary N) is 1. The van der Waals surface area contributed by atoms with Crippen molar-refractivity contribution in [1.29, 1.82) is 0 Å². The van der Waals surface area contributed by atoms with Gasteiger partial charge in [-0.3, -0.25) is 4.79 Å². The molecule has 9 heteroatoms. The molecular formula is C19H25NO7S. The Kier molecular flexibility index (Phi) is 7.86. The van der Waals surface area contributed by atoms with Crippen LogP contribution in [-0.2, 0) is 24.2 Å². The van der Waals surface area contributed by atoms with Crippen molar-refractivity contribution in [3.8, 4) is 11.5 Å². The summed E-state index contributed by atoms with van der Waals surface area (Å²) in [5, 5.41) is 2.55. The van der Waals surface area contributed by atoms with Gasteiger partial charge < -0.3 is 19.5 Å². The molecule has 1 heterocycles. The van der Waals surface area contributed by atoms with Crippen LogP contribution in [0.25, 0.3) is 6.08 Å². The summed E-state index contributed by atoms with van der Waals surface area (Å²) >= 11 is 0. The van der Waals surface area contributed by atoms with Gasteiger partial charge in [-0.05, 0) is 36.6 Å². The van der Waals surface area contributed by atoms with Crippen LogP contribution in [0.15, 0.2) is 24.3 Å². The number of carbonyl (C=O) groups excluding carboxylic acids is 2. The van der Waals surface area contributed by atoms with Gasteiger partial charge in [0, 0.05) is 12.1 Å². The molecule has 1 aliphatic rings. The van der Waals surface area contributed by atoms with Crippen LogP contribution in [0.5, 0.6) is 11.5 Å². The van der Waals surface area contributed by atoms with Crippen molar-refractivity contribution in [2.24, 2.45) is 0 Å². The monoisotopic (exact) mass is 411 g/mol. The highest BCUT2D eigenvalue weighted by Crippen LogP contribution is 2.28. The third-order valence-corrected chi connectivity index (χ3v) is 5.77. The Hall–Kier alpha value is -2.55. The van der Waals surface area contributed by atoms with Gasteiger partial charge in [0.25, 0.3) is 5.91 Å². The zero-order chi connectivity index (χ0) is 20.6. The van der Waals surface area contributed by atoms with Crippen LogP contribution in [0.1, 0.15) is 25.3 Å². The summed E-state index contributed by atoms with van der Waals surface area (Å²) in [6.45, 7) is 2.12. The summed E-state index contributed by atoms with van der Waals surface area (Å²) in [5.74, 6) is -0.0505. The molecule has 1 amide bonds. The van der Waals surface area contributed by atoms with E-state index >= 15 is 0 Å². The van der Waals surface area contributed by atoms with Crippen LogP contribution in [0.2, 0.25) is 0 Å². The van der Waals surface area contributed by atoms with Crippen molar-refractivity contribution in [2.45, 2.75) is 25.8 Å². The third kappa shape index (κ3) is 6.88. The fraction of sp³-hybridized carbons (Fsp3) is 0.474. The molecule has 0 radical (unpaired) electrons. The largest absolute Gasteiger partial charge is 0.493 e. The first-order valence-corrected chi connectivity index (χ1v) is 10.8. The number of sulfone groups is 1. The molecule has 0 saturated carbocycles. The summed E-state index contributed by atoms with van der Waals surface area (Å²) in [5.41, 5.74) is 0.707. The molecule has 0 bridgehead atoms. The molecule has 1 saturated heterocycles. The average molecular weight is 411 g/mol. The number of ether oxygens (including phenoxy) is 3. The second kappa shape index (κ2) is 10.1. The molecule has 8 nitrogen and oxygen atoms in total. The van der Waals surface area contributed by atoms with E-state index < -0.39 is 34.4 Å². The van der Waals surface area contributed by atoms with E-state index in [-0.39, 0.29) is 11.5 Å². The fourth-order valence-corrected chi connectivity index (χ4v) is 4.32. The predicted molar refractivity (Wildman–Crippen MR) is 104 cm³/mol. The van der Waals surface area contributed by atoms with Crippen molar-refractivity contribution in [1.82, 2.24) is 5.32 Å². The Morgan fingerprint density at radius 3 is 2.71 bits per heavy atom. The Morgan fingerprint density at radius 1 is 1.29 bits per heavy atom. The molecule has 0 aliphatic carbocycles. The lowest BCUT2D eigenvalue weighted by molar-refractivity contribution is -0.143. The maximum absolute atomic E-state index is 11.8. The Labute approximate surface area is 164 Å². The van der Waals surface area contributed by atoms with Crippen molar-refractivity contribution in [3.63, 3.8) is 0 Å². The lowest BCUT2D eigenvalue weighted by Gasteiger charge is -2.11. The zero-order valence-electron chi connectivity index (χ0n) is 16.0. The first-order chi connectivity index (χ1) is 13.3. The van der Waals surface area contributed by atoms with Gasteiger partial charge in [-0.25, -0.2) is 13.2 Å². The van der Waals surface area contributed by atoms with Crippen LogP contribution < -0.4 is 14.8 Å². The van der Waals surface area contributed by atoms with Gasteiger partial charge in [0.05, 0.1) is 25.2 Å². The highest BCUT2D eigenvalue weighted by atomic mass is 32.2. The molecular weight excluding hydrogens is 386 g/mol. The summed E-state index contributed by atoms with van der Waals surface area (Å²) in [6.07, 6.45) is 3.99. The number of benzene rings is 1. The SMILES string of the molecule is CCCOc1ccc(/C=C/C(=O)OCC(=O)N[C@H]2CCS(=O)(=O)C2)cc1OC. The van der Waals surface area contributed by atoms with Crippen LogP contribution >= 0.6 is 0 Å². The minimum absolute atomic E-state index is 0.0617. The topological polar surface area (TPSA) is 108 Å². The minimum atomic E-state index is -3.08. The van der Waals surface area contributed by atoms with Crippen molar-refractivity contribution in [3.05, 3.63) is 29.8 Å². The molecule has 1 aliphatic heterocycles. The van der Waals surface area contributed by atoms with E-state index in [4.69, 9.17) is 14.2 Å². The number of hydrogen-bond donors (Lipinski definition) is 1. The van der Waals surface area contributed by atoms with Crippen molar-refractivity contribution >= 4 is 27.8 Å². The summed E-state index contributed by atoms with van der Waals surface area (Å²) in [6, 6.07) is 4.82. The second-order valence-corrected chi connectivity index (χ2v) is 8.60. The summed E-state index contributed by atoms with van der Waals surface area (Å²) in [7, 11) is -1.55. The van der Waals surface area contributed by atoms with E-state index in [9.17, 15) is 18.0 Å². The van der Waals surface area contributed by atoms with Gasteiger partial charge in [-0.15, -0.1) is 0 Å². The van der Waals surface area contributed by atoms with E-state index in [1.165, 1.54) is 19.3 Å². The minimum Gasteiger partial charge on any atom is -0.493 e. The lowest BCUT2D eigenvalue weighted by Crippen LogP contribution is -2.38. The van der Waals surface area contributed by atoms with Crippen LogP contribution in [0.4, 0.5) is 0 Å². The summed E-state index contributed by atoms with van der Waals surface area (Å²) in [4.78, 5) is 23.5. The Bertz CT molecular complexity index is 833. The van der Waals surface area contributed by atoms with E-state index in [0.717, 1.165) is 6.42 Å². The smallest absolute Gasteiger partial charge is 0.331 e. The average Bonchev–Trinajstić information content (AvgIpc) is 3.01. The maximum atomic E-state index is 11.8. The molecule has 1 aromatic carbocycles. The molecule has 1 N–H and O–H groups in total. The third-order valence-electron chi connectivity index (χ3n) is 4.00. The molecule has 154 valence electrons. The molecule has 1 atom stereocenters. The van der Waals surface area contributed by atoms with Gasteiger partial charge >= 0.3 is 5.97 Å². The van der Waals surface area contributed by atoms with E-state index in [1.807, 2.05) is 6.92 Å². The lowest BCUT2D eigenvalue weighted by atomic mass is 10.2. The van der Waals surface area contributed by atoms with Gasteiger partial charge in [0.15, 0.2) is 27.9 Å². The van der Waals surface area contributed by atoms with Gasteiger partial charge in [0.1, 0.15) is 0 Å². The molecule has 1 aromatic rings. The molecule has 0 spiro atoms. The van der Waals surface area contributed by atoms with Gasteiger partial charge in [-0.2, -0.15) is 0 Å². The number of rotatable bonds is 9. The van der Waals surface area contributed by atoms with E-state index in [1.54, 1.807) is 18.2 Å². The van der Waals surface area contributed by atoms with Gasteiger partial charge in [-0.1, -0.05) is 13.0 Å². The number of hydrogen-bond acceptors (Lipinski definition) is 7. The van der Waals surface area contributed by atoms with Crippen LogP contribution in [0.3, 0.4) is 0 Å². The Morgan fingerprint density at radius 2 is 2.07 bits per heavy atom. The second-order valence-electron chi connectivity index (χ2n) is 6.37. The van der Waals surface area contributed by atoms with Crippen molar-refractivity contribution in [2.75, 3.05) is 31.8 Å².